The van der Waals surface area contributed by atoms with Crippen molar-refractivity contribution < 1.29 is 9.47 Å². The number of fused-ring (bicyclic) bond motifs is 1. The lowest BCUT2D eigenvalue weighted by atomic mass is 10.1. The van der Waals surface area contributed by atoms with Crippen molar-refractivity contribution in [1.29, 1.82) is 0 Å². The van der Waals surface area contributed by atoms with E-state index in [-0.39, 0.29) is 5.56 Å². The smallest absolute Gasteiger partial charge is 0.262 e. The third-order valence-corrected chi connectivity index (χ3v) is 4.42. The molecule has 1 unspecified atom stereocenters. The first-order valence-electron chi connectivity index (χ1n) is 7.73. The number of hydrogen-bond donors (Lipinski definition) is 1. The first-order valence-corrected chi connectivity index (χ1v) is 8.13. The van der Waals surface area contributed by atoms with Gasteiger partial charge in [0.1, 0.15) is 0 Å². The van der Waals surface area contributed by atoms with Gasteiger partial charge in [0.25, 0.3) is 5.56 Å². The van der Waals surface area contributed by atoms with E-state index in [2.05, 4.69) is 16.1 Å². The van der Waals surface area contributed by atoms with E-state index in [1.54, 1.807) is 37.1 Å². The van der Waals surface area contributed by atoms with Gasteiger partial charge in [0.2, 0.25) is 0 Å². The van der Waals surface area contributed by atoms with Crippen LogP contribution >= 0.6 is 12.2 Å². The van der Waals surface area contributed by atoms with E-state index in [0.29, 0.717) is 39.6 Å². The second kappa shape index (κ2) is 7.00. The fourth-order valence-electron chi connectivity index (χ4n) is 2.81. The molecule has 7 heteroatoms. The van der Waals surface area contributed by atoms with Crippen LogP contribution in [0, 0.1) is 10.7 Å². The molecule has 126 valence electrons. The van der Waals surface area contributed by atoms with Gasteiger partial charge >= 0.3 is 0 Å². The number of rotatable bonds is 6. The molecule has 1 aromatic carbocycles. The lowest BCUT2D eigenvalue weighted by Gasteiger charge is -2.12. The fourth-order valence-corrected chi connectivity index (χ4v) is 3.09. The number of aromatic amines is 1. The molecular formula is C17H19N3O3S. The van der Waals surface area contributed by atoms with Gasteiger partial charge in [0, 0.05) is 30.9 Å². The Morgan fingerprint density at radius 2 is 2.04 bits per heavy atom. The normalized spacial score (nSPS) is 16.0. The molecule has 1 aromatic heterocycles. The fraction of sp³-hybridized carbons (Fsp3) is 0.353. The third-order valence-electron chi connectivity index (χ3n) is 4.10. The van der Waals surface area contributed by atoms with Crippen molar-refractivity contribution in [2.75, 3.05) is 14.2 Å². The van der Waals surface area contributed by atoms with Crippen LogP contribution in [0.4, 0.5) is 0 Å². The number of ether oxygens (including phenoxy) is 2. The molecule has 3 rings (SSSR count). The molecule has 6 nitrogen and oxygen atoms in total. The molecule has 1 atom stereocenters. The summed E-state index contributed by atoms with van der Waals surface area (Å²) >= 11 is 5.35. The summed E-state index contributed by atoms with van der Waals surface area (Å²) in [5.41, 5.74) is 0.523. The average Bonchev–Trinajstić information content (AvgIpc) is 3.10. The van der Waals surface area contributed by atoms with E-state index >= 15 is 0 Å². The Morgan fingerprint density at radius 3 is 2.71 bits per heavy atom. The van der Waals surface area contributed by atoms with Gasteiger partial charge < -0.3 is 14.5 Å². The topological polar surface area (TPSA) is 68.6 Å². The lowest BCUT2D eigenvalue weighted by molar-refractivity contribution is 0.355. The second-order valence-electron chi connectivity index (χ2n) is 5.59. The summed E-state index contributed by atoms with van der Waals surface area (Å²) in [5, 5.41) is 0.531. The summed E-state index contributed by atoms with van der Waals surface area (Å²) < 4.78 is 12.6. The number of H-pyrrole nitrogens is 1. The van der Waals surface area contributed by atoms with Crippen LogP contribution in [0.2, 0.25) is 0 Å². The molecule has 0 saturated heterocycles. The average molecular weight is 345 g/mol. The number of methoxy groups -OCH3 is 2. The molecule has 1 aliphatic rings. The van der Waals surface area contributed by atoms with Crippen molar-refractivity contribution in [3.63, 3.8) is 0 Å². The van der Waals surface area contributed by atoms with Crippen LogP contribution in [0.3, 0.4) is 0 Å². The third kappa shape index (κ3) is 3.12. The van der Waals surface area contributed by atoms with Crippen molar-refractivity contribution >= 4 is 29.3 Å². The molecular weight excluding hydrogens is 326 g/mol. The standard InChI is InChI=1S/C17H19N3O3S/c1-22-14-8-12-13(9-15(14)23-2)19-17(24)20(16(12)21)7-3-4-11-5-6-18-10-11/h5-6,8-11H,3-4,7H2,1-2H3,(H,19,24). The molecule has 0 bridgehead atoms. The predicted molar refractivity (Wildman–Crippen MR) is 96.9 cm³/mol. The minimum Gasteiger partial charge on any atom is -0.493 e. The van der Waals surface area contributed by atoms with Gasteiger partial charge in [-0.2, -0.15) is 0 Å². The van der Waals surface area contributed by atoms with E-state index in [4.69, 9.17) is 21.7 Å². The zero-order valence-corrected chi connectivity index (χ0v) is 14.4. The summed E-state index contributed by atoms with van der Waals surface area (Å²) in [6.45, 7) is 0.566. The first kappa shape index (κ1) is 16.4. The first-order chi connectivity index (χ1) is 11.6. The number of aliphatic imine (C=N–C) groups is 1. The van der Waals surface area contributed by atoms with Crippen molar-refractivity contribution in [2.45, 2.75) is 19.4 Å². The van der Waals surface area contributed by atoms with Gasteiger partial charge in [-0.25, -0.2) is 0 Å². The Hall–Kier alpha value is -2.41. The van der Waals surface area contributed by atoms with Gasteiger partial charge in [-0.15, -0.1) is 0 Å². The number of nitrogens with one attached hydrogen (secondary N) is 1. The van der Waals surface area contributed by atoms with Crippen molar-refractivity contribution in [1.82, 2.24) is 9.55 Å². The van der Waals surface area contributed by atoms with Gasteiger partial charge in [-0.05, 0) is 31.1 Å². The number of allylic oxidation sites excluding steroid dienone is 1. The molecule has 24 heavy (non-hydrogen) atoms. The lowest BCUT2D eigenvalue weighted by Crippen LogP contribution is -2.22. The molecule has 2 heterocycles. The number of hydrogen-bond acceptors (Lipinski definition) is 5. The maximum atomic E-state index is 12.8. The van der Waals surface area contributed by atoms with Crippen molar-refractivity contribution in [3.05, 3.63) is 39.5 Å². The summed E-state index contributed by atoms with van der Waals surface area (Å²) in [6.07, 6.45) is 7.56. The molecule has 1 aliphatic heterocycles. The summed E-state index contributed by atoms with van der Waals surface area (Å²) in [5.74, 6) is 1.43. The highest BCUT2D eigenvalue weighted by atomic mass is 32.1. The number of nitrogens with zero attached hydrogens (tertiary/aromatic N) is 2. The van der Waals surface area contributed by atoms with E-state index in [9.17, 15) is 4.79 Å². The molecule has 2 aromatic rings. The van der Waals surface area contributed by atoms with Gasteiger partial charge in [-0.1, -0.05) is 6.08 Å². The van der Waals surface area contributed by atoms with Crippen LogP contribution in [-0.4, -0.2) is 30.0 Å². The molecule has 0 amide bonds. The Labute approximate surface area is 144 Å². The number of benzene rings is 1. The highest BCUT2D eigenvalue weighted by molar-refractivity contribution is 7.71. The summed E-state index contributed by atoms with van der Waals surface area (Å²) in [4.78, 5) is 20.0. The van der Waals surface area contributed by atoms with Gasteiger partial charge in [-0.3, -0.25) is 14.4 Å². The maximum Gasteiger partial charge on any atom is 0.262 e. The molecule has 0 radical (unpaired) electrons. The Morgan fingerprint density at radius 1 is 1.29 bits per heavy atom. The summed E-state index contributed by atoms with van der Waals surface area (Å²) in [6, 6.07) is 3.42. The van der Waals surface area contributed by atoms with Crippen molar-refractivity contribution in [3.8, 4) is 11.5 Å². The molecule has 0 aliphatic carbocycles. The molecule has 1 N–H and O–H groups in total. The quantitative estimate of drug-likeness (QED) is 0.817. The SMILES string of the molecule is COc1cc2[nH]c(=S)n(CCCC3C=CN=C3)c(=O)c2cc1OC. The second-order valence-corrected chi connectivity index (χ2v) is 5.97. The highest BCUT2D eigenvalue weighted by Crippen LogP contribution is 2.29. The van der Waals surface area contributed by atoms with E-state index in [1.807, 2.05) is 6.21 Å². The van der Waals surface area contributed by atoms with Crippen LogP contribution in [0.1, 0.15) is 12.8 Å². The Bertz CT molecular complexity index is 915. The van der Waals surface area contributed by atoms with E-state index < -0.39 is 0 Å². The zero-order chi connectivity index (χ0) is 17.1. The van der Waals surface area contributed by atoms with E-state index in [0.717, 1.165) is 12.8 Å². The van der Waals surface area contributed by atoms with Crippen LogP contribution in [0.5, 0.6) is 11.5 Å². The largest absolute Gasteiger partial charge is 0.493 e. The van der Waals surface area contributed by atoms with Crippen LogP contribution in [0.15, 0.2) is 34.2 Å². The Balaban J connectivity index is 1.93. The van der Waals surface area contributed by atoms with E-state index in [1.165, 1.54) is 0 Å². The number of aromatic nitrogens is 2. The van der Waals surface area contributed by atoms with Crippen LogP contribution < -0.4 is 15.0 Å². The zero-order valence-electron chi connectivity index (χ0n) is 13.6. The van der Waals surface area contributed by atoms with Crippen LogP contribution in [0.25, 0.3) is 10.9 Å². The van der Waals surface area contributed by atoms with Crippen LogP contribution in [-0.2, 0) is 6.54 Å². The Kier molecular flexibility index (Phi) is 4.80. The highest BCUT2D eigenvalue weighted by Gasteiger charge is 2.12. The minimum atomic E-state index is -0.120. The minimum absolute atomic E-state index is 0.120. The maximum absolute atomic E-state index is 12.8. The molecule has 0 spiro atoms. The summed E-state index contributed by atoms with van der Waals surface area (Å²) in [7, 11) is 3.10. The monoisotopic (exact) mass is 345 g/mol. The predicted octanol–water partition coefficient (Wildman–Crippen LogP) is 3.07. The molecule has 0 saturated carbocycles. The molecule has 0 fully saturated rings. The van der Waals surface area contributed by atoms with Gasteiger partial charge in [0.15, 0.2) is 16.3 Å². The van der Waals surface area contributed by atoms with Crippen molar-refractivity contribution in [2.24, 2.45) is 10.9 Å². The van der Waals surface area contributed by atoms with Gasteiger partial charge in [0.05, 0.1) is 25.1 Å².